The van der Waals surface area contributed by atoms with Crippen LogP contribution in [-0.2, 0) is 11.2 Å². The van der Waals surface area contributed by atoms with Crippen molar-refractivity contribution in [1.82, 2.24) is 5.32 Å². The summed E-state index contributed by atoms with van der Waals surface area (Å²) in [6.45, 7) is 2.57. The van der Waals surface area contributed by atoms with Crippen LogP contribution in [0.25, 0.3) is 0 Å². The van der Waals surface area contributed by atoms with E-state index in [1.807, 2.05) is 30.3 Å². The van der Waals surface area contributed by atoms with Gasteiger partial charge in [0, 0.05) is 26.1 Å². The topological polar surface area (TPSA) is 61.8 Å². The van der Waals surface area contributed by atoms with Crippen molar-refractivity contribution in [3.05, 3.63) is 54.1 Å². The zero-order valence-electron chi connectivity index (χ0n) is 15.1. The van der Waals surface area contributed by atoms with Crippen LogP contribution in [0.3, 0.4) is 0 Å². The van der Waals surface area contributed by atoms with Gasteiger partial charge in [-0.1, -0.05) is 30.3 Å². The summed E-state index contributed by atoms with van der Waals surface area (Å²) in [4.78, 5) is 14.4. The highest BCUT2D eigenvalue weighted by atomic mass is 16.5. The van der Waals surface area contributed by atoms with Crippen LogP contribution in [0.4, 0.5) is 5.69 Å². The summed E-state index contributed by atoms with van der Waals surface area (Å²) in [5, 5.41) is 12.8. The summed E-state index contributed by atoms with van der Waals surface area (Å²) in [5.41, 5.74) is 1.93. The summed E-state index contributed by atoms with van der Waals surface area (Å²) < 4.78 is 5.44. The quantitative estimate of drug-likeness (QED) is 0.802. The van der Waals surface area contributed by atoms with Crippen LogP contribution in [0.2, 0.25) is 0 Å². The van der Waals surface area contributed by atoms with E-state index in [4.69, 9.17) is 4.74 Å². The van der Waals surface area contributed by atoms with E-state index in [0.717, 1.165) is 36.5 Å². The van der Waals surface area contributed by atoms with Crippen LogP contribution in [0.1, 0.15) is 18.4 Å². The number of carbonyl (C=O) groups excluding carboxylic acids is 1. The first-order valence-electron chi connectivity index (χ1n) is 9.09. The third-order valence-electron chi connectivity index (χ3n) is 4.91. The molecule has 1 amide bonds. The van der Waals surface area contributed by atoms with Gasteiger partial charge in [-0.15, -0.1) is 0 Å². The van der Waals surface area contributed by atoms with Gasteiger partial charge in [-0.2, -0.15) is 0 Å². The number of anilines is 1. The SMILES string of the molecule is COc1ccccc1N1CC[C@@H](CNC(=O)CCc2ccccc2O)C1. The van der Waals surface area contributed by atoms with E-state index < -0.39 is 0 Å². The van der Waals surface area contributed by atoms with E-state index in [-0.39, 0.29) is 11.7 Å². The lowest BCUT2D eigenvalue weighted by Crippen LogP contribution is -2.31. The van der Waals surface area contributed by atoms with Crippen molar-refractivity contribution in [2.45, 2.75) is 19.3 Å². The van der Waals surface area contributed by atoms with Gasteiger partial charge >= 0.3 is 0 Å². The molecule has 2 N–H and O–H groups in total. The monoisotopic (exact) mass is 354 g/mol. The van der Waals surface area contributed by atoms with Gasteiger partial charge in [0.25, 0.3) is 0 Å². The van der Waals surface area contributed by atoms with Gasteiger partial charge in [0.05, 0.1) is 12.8 Å². The number of para-hydroxylation sites is 3. The first-order chi connectivity index (χ1) is 12.7. The van der Waals surface area contributed by atoms with Crippen molar-refractivity contribution >= 4 is 11.6 Å². The van der Waals surface area contributed by atoms with E-state index >= 15 is 0 Å². The standard InChI is InChI=1S/C21H26N2O3/c1-26-20-9-5-3-7-18(20)23-13-12-16(15-23)14-22-21(25)11-10-17-6-2-4-8-19(17)24/h2-9,16,24H,10-15H2,1H3,(H,22,25)/t16-/m0/s1. The van der Waals surface area contributed by atoms with E-state index in [0.29, 0.717) is 25.3 Å². The largest absolute Gasteiger partial charge is 0.508 e. The van der Waals surface area contributed by atoms with Gasteiger partial charge in [-0.05, 0) is 42.5 Å². The Morgan fingerprint density at radius 1 is 1.23 bits per heavy atom. The molecule has 0 bridgehead atoms. The molecular formula is C21H26N2O3. The highest BCUT2D eigenvalue weighted by Gasteiger charge is 2.24. The first-order valence-corrected chi connectivity index (χ1v) is 9.09. The first kappa shape index (κ1) is 18.1. The minimum absolute atomic E-state index is 0.0315. The van der Waals surface area contributed by atoms with Crippen LogP contribution < -0.4 is 15.0 Å². The third-order valence-corrected chi connectivity index (χ3v) is 4.91. The Morgan fingerprint density at radius 3 is 2.81 bits per heavy atom. The fourth-order valence-corrected chi connectivity index (χ4v) is 3.43. The third kappa shape index (κ3) is 4.48. The Balaban J connectivity index is 1.44. The Morgan fingerprint density at radius 2 is 2.00 bits per heavy atom. The van der Waals surface area contributed by atoms with E-state index in [2.05, 4.69) is 16.3 Å². The van der Waals surface area contributed by atoms with Gasteiger partial charge in [-0.3, -0.25) is 4.79 Å². The molecule has 0 saturated carbocycles. The Bertz CT molecular complexity index is 748. The molecule has 26 heavy (non-hydrogen) atoms. The van der Waals surface area contributed by atoms with Crippen LogP contribution in [0, 0.1) is 5.92 Å². The molecule has 5 heteroatoms. The molecule has 1 atom stereocenters. The molecule has 5 nitrogen and oxygen atoms in total. The second-order valence-corrected chi connectivity index (χ2v) is 6.71. The predicted molar refractivity (Wildman–Crippen MR) is 103 cm³/mol. The lowest BCUT2D eigenvalue weighted by atomic mass is 10.1. The Labute approximate surface area is 154 Å². The number of benzene rings is 2. The van der Waals surface area contributed by atoms with Gasteiger partial charge in [0.2, 0.25) is 5.91 Å². The Hall–Kier alpha value is -2.69. The van der Waals surface area contributed by atoms with Crippen molar-refractivity contribution in [3.8, 4) is 11.5 Å². The molecule has 1 saturated heterocycles. The second-order valence-electron chi connectivity index (χ2n) is 6.71. The zero-order chi connectivity index (χ0) is 18.4. The lowest BCUT2D eigenvalue weighted by molar-refractivity contribution is -0.121. The maximum atomic E-state index is 12.1. The molecule has 0 radical (unpaired) electrons. The van der Waals surface area contributed by atoms with E-state index in [1.54, 1.807) is 19.2 Å². The molecule has 1 aliphatic heterocycles. The number of hydrogen-bond donors (Lipinski definition) is 2. The van der Waals surface area contributed by atoms with Crippen LogP contribution >= 0.6 is 0 Å². The molecule has 1 fully saturated rings. The zero-order valence-corrected chi connectivity index (χ0v) is 15.1. The normalized spacial score (nSPS) is 16.5. The molecule has 2 aromatic carbocycles. The fraction of sp³-hybridized carbons (Fsp3) is 0.381. The van der Waals surface area contributed by atoms with Gasteiger partial charge in [0.1, 0.15) is 11.5 Å². The number of phenolic OH excluding ortho intramolecular Hbond substituents is 1. The number of nitrogens with zero attached hydrogens (tertiary/aromatic N) is 1. The van der Waals surface area contributed by atoms with Crippen molar-refractivity contribution in [3.63, 3.8) is 0 Å². The van der Waals surface area contributed by atoms with Crippen LogP contribution in [0.5, 0.6) is 11.5 Å². The van der Waals surface area contributed by atoms with E-state index in [1.165, 1.54) is 0 Å². The van der Waals surface area contributed by atoms with Crippen molar-refractivity contribution in [1.29, 1.82) is 0 Å². The van der Waals surface area contributed by atoms with Crippen molar-refractivity contribution in [2.24, 2.45) is 5.92 Å². The average Bonchev–Trinajstić information content (AvgIpc) is 3.14. The molecule has 2 aromatic rings. The number of carbonyl (C=O) groups is 1. The van der Waals surface area contributed by atoms with Gasteiger partial charge in [0.15, 0.2) is 0 Å². The summed E-state index contributed by atoms with van der Waals surface area (Å²) >= 11 is 0. The maximum absolute atomic E-state index is 12.1. The van der Waals surface area contributed by atoms with Crippen LogP contribution in [-0.4, -0.2) is 37.8 Å². The number of nitrogens with one attached hydrogen (secondary N) is 1. The molecule has 0 aliphatic carbocycles. The molecule has 0 unspecified atom stereocenters. The second kappa shape index (κ2) is 8.61. The summed E-state index contributed by atoms with van der Waals surface area (Å²) in [6, 6.07) is 15.2. The molecule has 0 spiro atoms. The molecule has 1 heterocycles. The molecule has 0 aromatic heterocycles. The number of aromatic hydroxyl groups is 1. The van der Waals surface area contributed by atoms with Gasteiger partial charge in [-0.25, -0.2) is 0 Å². The number of methoxy groups -OCH3 is 1. The van der Waals surface area contributed by atoms with Gasteiger partial charge < -0.3 is 20.1 Å². The average molecular weight is 354 g/mol. The molecule has 1 aliphatic rings. The summed E-state index contributed by atoms with van der Waals surface area (Å²) in [6.07, 6.45) is 1.99. The number of ether oxygens (including phenoxy) is 1. The number of hydrogen-bond acceptors (Lipinski definition) is 4. The fourth-order valence-electron chi connectivity index (χ4n) is 3.43. The van der Waals surface area contributed by atoms with Crippen LogP contribution in [0.15, 0.2) is 48.5 Å². The highest BCUT2D eigenvalue weighted by Crippen LogP contribution is 2.31. The smallest absolute Gasteiger partial charge is 0.220 e. The number of amides is 1. The minimum atomic E-state index is 0.0315. The summed E-state index contributed by atoms with van der Waals surface area (Å²) in [5.74, 6) is 1.61. The molecule has 3 rings (SSSR count). The minimum Gasteiger partial charge on any atom is -0.508 e. The number of phenols is 1. The van der Waals surface area contributed by atoms with Crippen molar-refractivity contribution < 1.29 is 14.6 Å². The predicted octanol–water partition coefficient (Wildman–Crippen LogP) is 2.98. The molecular weight excluding hydrogens is 328 g/mol. The molecule has 138 valence electrons. The van der Waals surface area contributed by atoms with Crippen molar-refractivity contribution in [2.75, 3.05) is 31.6 Å². The van der Waals surface area contributed by atoms with E-state index in [9.17, 15) is 9.90 Å². The Kier molecular flexibility index (Phi) is 6.00. The highest BCUT2D eigenvalue weighted by molar-refractivity contribution is 5.76. The lowest BCUT2D eigenvalue weighted by Gasteiger charge is -2.21. The number of aryl methyl sites for hydroxylation is 1. The summed E-state index contributed by atoms with van der Waals surface area (Å²) in [7, 11) is 1.69. The number of rotatable bonds is 7. The maximum Gasteiger partial charge on any atom is 0.220 e.